The maximum Gasteiger partial charge on any atom is 0.280 e. The number of anilines is 1. The quantitative estimate of drug-likeness (QED) is 0.659. The average Bonchev–Trinajstić information content (AvgIpc) is 3.20. The van der Waals surface area contributed by atoms with E-state index in [1.807, 2.05) is 83.1 Å². The molecule has 2 aromatic carbocycles. The summed E-state index contributed by atoms with van der Waals surface area (Å²) in [7, 11) is 0. The smallest absolute Gasteiger partial charge is 0.280 e. The van der Waals surface area contributed by atoms with E-state index in [1.165, 1.54) is 4.90 Å². The first-order valence-corrected chi connectivity index (χ1v) is 10.6. The summed E-state index contributed by atoms with van der Waals surface area (Å²) in [5.41, 5.74) is 3.17. The first-order valence-electron chi connectivity index (χ1n) is 9.71. The van der Waals surface area contributed by atoms with Crippen molar-refractivity contribution in [2.24, 2.45) is 0 Å². The molecule has 3 rings (SSSR count). The molecular weight excluding hydrogens is 396 g/mol. The molecule has 1 atom stereocenters. The molecule has 7 heteroatoms. The summed E-state index contributed by atoms with van der Waals surface area (Å²) >= 11 is 1.10. The number of hydrogen-bond acceptors (Lipinski definition) is 5. The third kappa shape index (κ3) is 5.10. The zero-order chi connectivity index (χ0) is 21.9. The van der Waals surface area contributed by atoms with Gasteiger partial charge in [-0.15, -0.1) is 5.10 Å². The monoisotopic (exact) mass is 422 g/mol. The molecule has 0 bridgehead atoms. The van der Waals surface area contributed by atoms with E-state index in [1.54, 1.807) is 5.38 Å². The van der Waals surface area contributed by atoms with Crippen LogP contribution in [0.2, 0.25) is 0 Å². The summed E-state index contributed by atoms with van der Waals surface area (Å²) in [4.78, 5) is 28.5. The molecule has 3 aromatic rings. The molecule has 0 radical (unpaired) electrons. The highest BCUT2D eigenvalue weighted by Gasteiger charge is 2.35. The fourth-order valence-electron chi connectivity index (χ4n) is 3.15. The Bertz CT molecular complexity index is 1020. The number of benzene rings is 2. The SMILES string of the molecule is Cc1ccc([C@@H](C(=O)NC(C)(C)C)N(C(=O)c2csnn2)c2cccc(C)c2)cc1. The first-order chi connectivity index (χ1) is 14.2. The molecule has 1 N–H and O–H groups in total. The highest BCUT2D eigenvalue weighted by Crippen LogP contribution is 2.31. The summed E-state index contributed by atoms with van der Waals surface area (Å²) in [5.74, 6) is -0.631. The van der Waals surface area contributed by atoms with Crippen molar-refractivity contribution in [1.29, 1.82) is 0 Å². The molecule has 1 heterocycles. The second kappa shape index (κ2) is 8.75. The van der Waals surface area contributed by atoms with Crippen LogP contribution in [-0.4, -0.2) is 26.9 Å². The van der Waals surface area contributed by atoms with Crippen LogP contribution in [0.4, 0.5) is 5.69 Å². The van der Waals surface area contributed by atoms with Crippen LogP contribution in [0.5, 0.6) is 0 Å². The van der Waals surface area contributed by atoms with Gasteiger partial charge in [-0.05, 0) is 69.4 Å². The Balaban J connectivity index is 2.18. The van der Waals surface area contributed by atoms with Gasteiger partial charge in [0.2, 0.25) is 5.91 Å². The Hall–Kier alpha value is -3.06. The molecule has 0 spiro atoms. The molecule has 30 heavy (non-hydrogen) atoms. The lowest BCUT2D eigenvalue weighted by Gasteiger charge is -2.33. The van der Waals surface area contributed by atoms with Crippen LogP contribution in [0.25, 0.3) is 0 Å². The number of rotatable bonds is 5. The lowest BCUT2D eigenvalue weighted by atomic mass is 9.99. The van der Waals surface area contributed by atoms with Crippen molar-refractivity contribution in [2.45, 2.75) is 46.2 Å². The van der Waals surface area contributed by atoms with Gasteiger partial charge in [0.1, 0.15) is 6.04 Å². The topological polar surface area (TPSA) is 75.2 Å². The average molecular weight is 423 g/mol. The minimum absolute atomic E-state index is 0.210. The number of aromatic nitrogens is 2. The molecule has 1 aromatic heterocycles. The number of nitrogens with zero attached hydrogens (tertiary/aromatic N) is 3. The molecule has 156 valence electrons. The van der Waals surface area contributed by atoms with Gasteiger partial charge >= 0.3 is 0 Å². The molecule has 0 saturated carbocycles. The van der Waals surface area contributed by atoms with E-state index < -0.39 is 11.6 Å². The number of aryl methyl sites for hydroxylation is 2. The van der Waals surface area contributed by atoms with Crippen molar-refractivity contribution in [3.05, 3.63) is 76.3 Å². The van der Waals surface area contributed by atoms with Crippen LogP contribution < -0.4 is 10.2 Å². The van der Waals surface area contributed by atoms with Gasteiger partial charge in [-0.3, -0.25) is 14.5 Å². The summed E-state index contributed by atoms with van der Waals surface area (Å²) < 4.78 is 3.83. The number of nitrogens with one attached hydrogen (secondary N) is 1. The van der Waals surface area contributed by atoms with Crippen LogP contribution in [0.1, 0.15) is 54.0 Å². The van der Waals surface area contributed by atoms with Gasteiger partial charge in [-0.1, -0.05) is 46.4 Å². The summed E-state index contributed by atoms with van der Waals surface area (Å²) in [6.07, 6.45) is 0. The Morgan fingerprint density at radius 1 is 1.03 bits per heavy atom. The van der Waals surface area contributed by atoms with Crippen LogP contribution in [0.15, 0.2) is 53.9 Å². The Kier molecular flexibility index (Phi) is 6.31. The molecule has 0 fully saturated rings. The van der Waals surface area contributed by atoms with Crippen LogP contribution >= 0.6 is 11.5 Å². The Morgan fingerprint density at radius 2 is 1.73 bits per heavy atom. The van der Waals surface area contributed by atoms with E-state index in [0.717, 1.165) is 28.2 Å². The van der Waals surface area contributed by atoms with E-state index in [0.29, 0.717) is 5.69 Å². The standard InChI is InChI=1S/C23H26N4O2S/c1-15-9-11-17(12-10-15)20(21(28)24-23(3,4)5)27(18-8-6-7-16(2)13-18)22(29)19-14-30-26-25-19/h6-14,20H,1-5H3,(H,24,28)/t20-/m0/s1. The molecule has 0 saturated heterocycles. The Morgan fingerprint density at radius 3 is 2.30 bits per heavy atom. The van der Waals surface area contributed by atoms with Gasteiger partial charge in [0, 0.05) is 16.6 Å². The fourth-order valence-corrected chi connectivity index (χ4v) is 3.58. The Labute approximate surface area is 181 Å². The third-order valence-corrected chi connectivity index (χ3v) is 4.98. The zero-order valence-corrected chi connectivity index (χ0v) is 18.7. The van der Waals surface area contributed by atoms with E-state index in [4.69, 9.17) is 0 Å². The molecule has 0 unspecified atom stereocenters. The second-order valence-corrected chi connectivity index (χ2v) is 8.97. The van der Waals surface area contributed by atoms with E-state index in [9.17, 15) is 9.59 Å². The predicted octanol–water partition coefficient (Wildman–Crippen LogP) is 4.46. The third-order valence-electron chi connectivity index (χ3n) is 4.48. The van der Waals surface area contributed by atoms with Crippen LogP contribution in [-0.2, 0) is 4.79 Å². The largest absolute Gasteiger partial charge is 0.349 e. The van der Waals surface area contributed by atoms with E-state index in [-0.39, 0.29) is 17.5 Å². The fraction of sp³-hybridized carbons (Fsp3) is 0.304. The number of carbonyl (C=O) groups is 2. The highest BCUT2D eigenvalue weighted by molar-refractivity contribution is 7.03. The normalized spacial score (nSPS) is 12.3. The zero-order valence-electron chi connectivity index (χ0n) is 17.8. The van der Waals surface area contributed by atoms with Gasteiger partial charge in [-0.2, -0.15) is 0 Å². The van der Waals surface area contributed by atoms with E-state index in [2.05, 4.69) is 14.9 Å². The minimum atomic E-state index is -0.860. The van der Waals surface area contributed by atoms with Gasteiger partial charge in [0.25, 0.3) is 5.91 Å². The van der Waals surface area contributed by atoms with Gasteiger partial charge < -0.3 is 5.32 Å². The molecule has 0 aliphatic rings. The first kappa shape index (κ1) is 21.6. The maximum atomic E-state index is 13.5. The number of amides is 2. The van der Waals surface area contributed by atoms with Crippen molar-refractivity contribution in [3.63, 3.8) is 0 Å². The molecule has 0 aliphatic carbocycles. The minimum Gasteiger partial charge on any atom is -0.349 e. The number of carbonyl (C=O) groups excluding carboxylic acids is 2. The molecule has 6 nitrogen and oxygen atoms in total. The maximum absolute atomic E-state index is 13.5. The van der Waals surface area contributed by atoms with Crippen LogP contribution in [0, 0.1) is 13.8 Å². The molecule has 2 amide bonds. The summed E-state index contributed by atoms with van der Waals surface area (Å²) in [6.45, 7) is 9.69. The molecule has 0 aliphatic heterocycles. The van der Waals surface area contributed by atoms with Crippen molar-refractivity contribution in [1.82, 2.24) is 14.9 Å². The predicted molar refractivity (Wildman–Crippen MR) is 120 cm³/mol. The lowest BCUT2D eigenvalue weighted by molar-refractivity contribution is -0.123. The van der Waals surface area contributed by atoms with Gasteiger partial charge in [-0.25, -0.2) is 0 Å². The van der Waals surface area contributed by atoms with Crippen molar-refractivity contribution in [3.8, 4) is 0 Å². The summed E-state index contributed by atoms with van der Waals surface area (Å²) in [6, 6.07) is 14.3. The van der Waals surface area contributed by atoms with Crippen LogP contribution in [0.3, 0.4) is 0 Å². The number of hydrogen-bond donors (Lipinski definition) is 1. The highest BCUT2D eigenvalue weighted by atomic mass is 32.1. The van der Waals surface area contributed by atoms with Gasteiger partial charge in [0.05, 0.1) is 0 Å². The van der Waals surface area contributed by atoms with Crippen molar-refractivity contribution >= 4 is 29.0 Å². The lowest BCUT2D eigenvalue weighted by Crippen LogP contribution is -2.49. The van der Waals surface area contributed by atoms with Crippen molar-refractivity contribution in [2.75, 3.05) is 4.90 Å². The van der Waals surface area contributed by atoms with Crippen molar-refractivity contribution < 1.29 is 9.59 Å². The van der Waals surface area contributed by atoms with Gasteiger partial charge in [0.15, 0.2) is 5.69 Å². The summed E-state index contributed by atoms with van der Waals surface area (Å²) in [5, 5.41) is 8.58. The molecular formula is C23H26N4O2S. The van der Waals surface area contributed by atoms with E-state index >= 15 is 0 Å². The second-order valence-electron chi connectivity index (χ2n) is 8.36.